The van der Waals surface area contributed by atoms with E-state index in [1.54, 1.807) is 0 Å². The molecule has 0 spiro atoms. The van der Waals surface area contributed by atoms with Crippen LogP contribution in [0, 0.1) is 18.3 Å². The van der Waals surface area contributed by atoms with Gasteiger partial charge in [-0.2, -0.15) is 0 Å². The first-order chi connectivity index (χ1) is 10.2. The second kappa shape index (κ2) is 5.37. The molecule has 1 aliphatic carbocycles. The van der Waals surface area contributed by atoms with E-state index in [1.807, 2.05) is 18.2 Å². The van der Waals surface area contributed by atoms with Crippen LogP contribution >= 0.6 is 0 Å². The molecule has 1 saturated heterocycles. The third-order valence-corrected chi connectivity index (χ3v) is 4.96. The molecule has 1 aromatic carbocycles. The first-order valence-corrected chi connectivity index (χ1v) is 7.52. The monoisotopic (exact) mass is 281 g/mol. The van der Waals surface area contributed by atoms with Crippen LogP contribution in [0.2, 0.25) is 0 Å². The van der Waals surface area contributed by atoms with E-state index in [0.717, 1.165) is 31.2 Å². The highest BCUT2D eigenvalue weighted by Crippen LogP contribution is 2.49. The van der Waals surface area contributed by atoms with Gasteiger partial charge in [0.2, 0.25) is 11.8 Å². The number of amides is 2. The van der Waals surface area contributed by atoms with Crippen LogP contribution in [-0.2, 0) is 15.0 Å². The predicted molar refractivity (Wildman–Crippen MR) is 80.2 cm³/mol. The summed E-state index contributed by atoms with van der Waals surface area (Å²) in [5.74, 6) is 2.12. The second-order valence-electron chi connectivity index (χ2n) is 6.02. The van der Waals surface area contributed by atoms with Gasteiger partial charge in [0.25, 0.3) is 0 Å². The molecule has 1 aliphatic heterocycles. The highest BCUT2D eigenvalue weighted by molar-refractivity contribution is 6.01. The number of benzene rings is 1. The Morgan fingerprint density at radius 3 is 2.71 bits per heavy atom. The lowest BCUT2D eigenvalue weighted by Crippen LogP contribution is -2.57. The van der Waals surface area contributed by atoms with E-state index in [-0.39, 0.29) is 29.7 Å². The molecule has 2 atom stereocenters. The Kier molecular flexibility index (Phi) is 3.55. The maximum absolute atomic E-state index is 12.7. The topological polar surface area (TPSA) is 37.4 Å². The normalized spacial score (nSPS) is 28.9. The number of likely N-dealkylation sites (tertiary alicyclic amines) is 1. The average molecular weight is 281 g/mol. The highest BCUT2D eigenvalue weighted by atomic mass is 16.2. The van der Waals surface area contributed by atoms with Crippen LogP contribution in [0.4, 0.5) is 0 Å². The van der Waals surface area contributed by atoms with Gasteiger partial charge in [0.05, 0.1) is 6.54 Å². The molecule has 3 rings (SSSR count). The molecule has 21 heavy (non-hydrogen) atoms. The molecule has 3 heteroatoms. The minimum Gasteiger partial charge on any atom is -0.274 e. The van der Waals surface area contributed by atoms with Crippen molar-refractivity contribution >= 4 is 11.8 Å². The van der Waals surface area contributed by atoms with E-state index in [1.165, 1.54) is 4.90 Å². The van der Waals surface area contributed by atoms with E-state index >= 15 is 0 Å². The van der Waals surface area contributed by atoms with Crippen molar-refractivity contribution in [3.05, 3.63) is 35.9 Å². The maximum Gasteiger partial charge on any atom is 0.234 e. The second-order valence-corrected chi connectivity index (χ2v) is 6.02. The zero-order chi connectivity index (χ0) is 14.9. The molecule has 0 bridgehead atoms. The Balaban J connectivity index is 2.04. The van der Waals surface area contributed by atoms with Gasteiger partial charge in [-0.05, 0) is 18.4 Å². The fourth-order valence-corrected chi connectivity index (χ4v) is 3.96. The molecule has 2 fully saturated rings. The highest BCUT2D eigenvalue weighted by Gasteiger charge is 2.53. The summed E-state index contributed by atoms with van der Waals surface area (Å²) in [6.07, 6.45) is 9.57. The first-order valence-electron chi connectivity index (χ1n) is 7.52. The third kappa shape index (κ3) is 2.15. The molecule has 2 aliphatic rings. The summed E-state index contributed by atoms with van der Waals surface area (Å²) in [4.78, 5) is 26.5. The number of fused-ring (bicyclic) bond motifs is 1. The zero-order valence-electron chi connectivity index (χ0n) is 12.0. The number of terminal acetylenes is 1. The number of hydrogen-bond acceptors (Lipinski definition) is 2. The van der Waals surface area contributed by atoms with E-state index < -0.39 is 0 Å². The molecule has 0 radical (unpaired) electrons. The van der Waals surface area contributed by atoms with Gasteiger partial charge in [0, 0.05) is 17.8 Å². The van der Waals surface area contributed by atoms with Gasteiger partial charge >= 0.3 is 0 Å². The minimum atomic E-state index is -0.321. The SMILES string of the molecule is C#CCN1C(=O)CC2(c3ccccc3)CCCCC2C1=O. The summed E-state index contributed by atoms with van der Waals surface area (Å²) in [6.45, 7) is 0.0963. The number of nitrogens with zero attached hydrogens (tertiary/aromatic N) is 1. The van der Waals surface area contributed by atoms with Crippen molar-refractivity contribution < 1.29 is 9.59 Å². The molecule has 1 aromatic rings. The lowest BCUT2D eigenvalue weighted by molar-refractivity contribution is -0.156. The number of piperidine rings is 1. The van der Waals surface area contributed by atoms with Crippen LogP contribution in [0.25, 0.3) is 0 Å². The number of carbonyl (C=O) groups excluding carboxylic acids is 2. The van der Waals surface area contributed by atoms with Crippen molar-refractivity contribution in [1.29, 1.82) is 0 Å². The van der Waals surface area contributed by atoms with Crippen molar-refractivity contribution in [2.75, 3.05) is 6.54 Å². The standard InChI is InChI=1S/C18H19NO2/c1-2-12-19-16(20)13-18(14-8-4-3-5-9-14)11-7-6-10-15(18)17(19)21/h1,3-5,8-9,15H,6-7,10-13H2. The lowest BCUT2D eigenvalue weighted by Gasteiger charge is -2.48. The molecule has 2 amide bonds. The van der Waals surface area contributed by atoms with Crippen molar-refractivity contribution in [3.8, 4) is 12.3 Å². The van der Waals surface area contributed by atoms with E-state index in [9.17, 15) is 9.59 Å². The zero-order valence-corrected chi connectivity index (χ0v) is 12.0. The molecular weight excluding hydrogens is 262 g/mol. The van der Waals surface area contributed by atoms with Crippen molar-refractivity contribution in [3.63, 3.8) is 0 Å². The fraction of sp³-hybridized carbons (Fsp3) is 0.444. The Bertz CT molecular complexity index is 601. The van der Waals surface area contributed by atoms with Gasteiger partial charge in [-0.15, -0.1) is 6.42 Å². The molecule has 2 unspecified atom stereocenters. The minimum absolute atomic E-state index is 0.0762. The van der Waals surface area contributed by atoms with E-state index in [0.29, 0.717) is 6.42 Å². The van der Waals surface area contributed by atoms with Gasteiger partial charge in [-0.3, -0.25) is 14.5 Å². The average Bonchev–Trinajstić information content (AvgIpc) is 2.52. The Morgan fingerprint density at radius 1 is 1.24 bits per heavy atom. The number of carbonyl (C=O) groups is 2. The largest absolute Gasteiger partial charge is 0.274 e. The Morgan fingerprint density at radius 2 is 2.00 bits per heavy atom. The van der Waals surface area contributed by atoms with Gasteiger partial charge in [-0.1, -0.05) is 49.1 Å². The molecule has 1 heterocycles. The van der Waals surface area contributed by atoms with Crippen LogP contribution in [0.15, 0.2) is 30.3 Å². The Labute approximate surface area is 125 Å². The van der Waals surface area contributed by atoms with Crippen LogP contribution in [0.5, 0.6) is 0 Å². The van der Waals surface area contributed by atoms with E-state index in [4.69, 9.17) is 6.42 Å². The molecular formula is C18H19NO2. The van der Waals surface area contributed by atoms with Crippen molar-refractivity contribution in [1.82, 2.24) is 4.90 Å². The summed E-state index contributed by atoms with van der Waals surface area (Å²) in [5.41, 5.74) is 0.801. The summed E-state index contributed by atoms with van der Waals surface area (Å²) in [7, 11) is 0. The molecule has 3 nitrogen and oxygen atoms in total. The number of rotatable bonds is 2. The van der Waals surface area contributed by atoms with Crippen LogP contribution in [-0.4, -0.2) is 23.3 Å². The lowest BCUT2D eigenvalue weighted by atomic mass is 9.58. The van der Waals surface area contributed by atoms with Gasteiger partial charge < -0.3 is 0 Å². The van der Waals surface area contributed by atoms with Crippen molar-refractivity contribution in [2.24, 2.45) is 5.92 Å². The first kappa shape index (κ1) is 13.9. The molecule has 0 N–H and O–H groups in total. The predicted octanol–water partition coefficient (Wildman–Crippen LogP) is 2.51. The van der Waals surface area contributed by atoms with Crippen LogP contribution < -0.4 is 0 Å². The quantitative estimate of drug-likeness (QED) is 0.617. The summed E-state index contributed by atoms with van der Waals surface area (Å²) >= 11 is 0. The molecule has 1 saturated carbocycles. The van der Waals surface area contributed by atoms with Gasteiger partial charge in [-0.25, -0.2) is 0 Å². The third-order valence-electron chi connectivity index (χ3n) is 4.96. The van der Waals surface area contributed by atoms with Gasteiger partial charge in [0.1, 0.15) is 0 Å². The van der Waals surface area contributed by atoms with E-state index in [2.05, 4.69) is 18.1 Å². The summed E-state index contributed by atoms with van der Waals surface area (Å²) in [6, 6.07) is 10.0. The smallest absolute Gasteiger partial charge is 0.234 e. The van der Waals surface area contributed by atoms with Crippen LogP contribution in [0.3, 0.4) is 0 Å². The van der Waals surface area contributed by atoms with Crippen LogP contribution in [0.1, 0.15) is 37.7 Å². The summed E-state index contributed by atoms with van der Waals surface area (Å²) in [5, 5.41) is 0. The molecule has 0 aromatic heterocycles. The van der Waals surface area contributed by atoms with Crippen molar-refractivity contribution in [2.45, 2.75) is 37.5 Å². The Hall–Kier alpha value is -2.08. The maximum atomic E-state index is 12.7. The number of hydrogen-bond donors (Lipinski definition) is 0. The fourth-order valence-electron chi connectivity index (χ4n) is 3.96. The number of imide groups is 1. The molecule has 108 valence electrons. The summed E-state index contributed by atoms with van der Waals surface area (Å²) < 4.78 is 0. The van der Waals surface area contributed by atoms with Gasteiger partial charge in [0.15, 0.2) is 0 Å².